The van der Waals surface area contributed by atoms with Gasteiger partial charge in [-0.15, -0.1) is 16.4 Å². The summed E-state index contributed by atoms with van der Waals surface area (Å²) in [6, 6.07) is 3.47. The number of nitrogens with one attached hydrogen (secondary N) is 1. The van der Waals surface area contributed by atoms with Crippen molar-refractivity contribution in [3.8, 4) is 0 Å². The van der Waals surface area contributed by atoms with Crippen molar-refractivity contribution in [2.24, 2.45) is 0 Å². The summed E-state index contributed by atoms with van der Waals surface area (Å²) in [6.07, 6.45) is 0. The van der Waals surface area contributed by atoms with Gasteiger partial charge in [0.25, 0.3) is 11.7 Å². The van der Waals surface area contributed by atoms with Gasteiger partial charge < -0.3 is 10.1 Å². The smallest absolute Gasteiger partial charge is 0.350 e. The van der Waals surface area contributed by atoms with E-state index in [2.05, 4.69) is 25.1 Å². The lowest BCUT2D eigenvalue weighted by Crippen LogP contribution is -2.15. The number of esters is 1. The predicted molar refractivity (Wildman–Crippen MR) is 83.9 cm³/mol. The van der Waals surface area contributed by atoms with Gasteiger partial charge in [0, 0.05) is 11.4 Å². The number of fused-ring (bicyclic) bond motifs is 1. The Morgan fingerprint density at radius 2 is 2.09 bits per heavy atom. The molecule has 3 heterocycles. The average molecular weight is 331 g/mol. The van der Waals surface area contributed by atoms with Crippen molar-refractivity contribution in [2.75, 3.05) is 12.4 Å². The van der Waals surface area contributed by atoms with Gasteiger partial charge in [0.1, 0.15) is 4.88 Å². The summed E-state index contributed by atoms with van der Waals surface area (Å²) in [5.41, 5.74) is 1.98. The van der Waals surface area contributed by atoms with Gasteiger partial charge >= 0.3 is 5.97 Å². The molecule has 0 radical (unpaired) electrons. The Balaban J connectivity index is 1.91. The van der Waals surface area contributed by atoms with E-state index in [9.17, 15) is 9.59 Å². The molecule has 3 aromatic rings. The monoisotopic (exact) mass is 331 g/mol. The first kappa shape index (κ1) is 15.1. The van der Waals surface area contributed by atoms with Gasteiger partial charge in [0.2, 0.25) is 5.82 Å². The van der Waals surface area contributed by atoms with Gasteiger partial charge in [-0.25, -0.2) is 14.3 Å². The van der Waals surface area contributed by atoms with Crippen LogP contribution in [0.2, 0.25) is 0 Å². The SMILES string of the molecule is COC(=O)c1sccc1NC(=O)c1nc2nc(C)cc(C)n2n1. The van der Waals surface area contributed by atoms with Crippen LogP contribution in [0.5, 0.6) is 0 Å². The van der Waals surface area contributed by atoms with Crippen LogP contribution in [0.4, 0.5) is 5.69 Å². The zero-order valence-corrected chi connectivity index (χ0v) is 13.5. The highest BCUT2D eigenvalue weighted by atomic mass is 32.1. The highest BCUT2D eigenvalue weighted by Crippen LogP contribution is 2.23. The molecule has 0 aromatic carbocycles. The van der Waals surface area contributed by atoms with E-state index in [0.717, 1.165) is 11.4 Å². The maximum atomic E-state index is 12.3. The maximum absolute atomic E-state index is 12.3. The van der Waals surface area contributed by atoms with E-state index in [1.807, 2.05) is 19.9 Å². The van der Waals surface area contributed by atoms with Crippen LogP contribution >= 0.6 is 11.3 Å². The molecular formula is C14H13N5O3S. The van der Waals surface area contributed by atoms with Gasteiger partial charge in [0.05, 0.1) is 12.8 Å². The second kappa shape index (κ2) is 5.76. The summed E-state index contributed by atoms with van der Waals surface area (Å²) < 4.78 is 6.17. The molecule has 0 bridgehead atoms. The number of rotatable bonds is 3. The predicted octanol–water partition coefficient (Wildman–Crippen LogP) is 1.84. The molecule has 0 aliphatic heterocycles. The number of anilines is 1. The van der Waals surface area contributed by atoms with Crippen molar-refractivity contribution < 1.29 is 14.3 Å². The maximum Gasteiger partial charge on any atom is 0.350 e. The number of carbonyl (C=O) groups excluding carboxylic acids is 2. The minimum Gasteiger partial charge on any atom is -0.465 e. The van der Waals surface area contributed by atoms with Gasteiger partial charge in [0.15, 0.2) is 0 Å². The van der Waals surface area contributed by atoms with Crippen LogP contribution in [0.25, 0.3) is 5.78 Å². The largest absolute Gasteiger partial charge is 0.465 e. The minimum atomic E-state index is -0.517. The van der Waals surface area contributed by atoms with Gasteiger partial charge in [-0.05, 0) is 31.4 Å². The van der Waals surface area contributed by atoms with Crippen molar-refractivity contribution in [3.05, 3.63) is 39.6 Å². The number of carbonyl (C=O) groups is 2. The van der Waals surface area contributed by atoms with Crippen molar-refractivity contribution in [1.82, 2.24) is 19.6 Å². The molecule has 8 nitrogen and oxygen atoms in total. The number of aryl methyl sites for hydroxylation is 2. The highest BCUT2D eigenvalue weighted by molar-refractivity contribution is 7.12. The quantitative estimate of drug-likeness (QED) is 0.735. The summed E-state index contributed by atoms with van der Waals surface area (Å²) in [5.74, 6) is -0.693. The van der Waals surface area contributed by atoms with Crippen LogP contribution in [0.15, 0.2) is 17.5 Å². The fraction of sp³-hybridized carbons (Fsp3) is 0.214. The molecule has 9 heteroatoms. The second-order valence-electron chi connectivity index (χ2n) is 4.80. The van der Waals surface area contributed by atoms with Crippen molar-refractivity contribution in [2.45, 2.75) is 13.8 Å². The summed E-state index contributed by atoms with van der Waals surface area (Å²) >= 11 is 1.18. The van der Waals surface area contributed by atoms with E-state index in [1.54, 1.807) is 11.4 Å². The lowest BCUT2D eigenvalue weighted by atomic mass is 10.3. The molecule has 3 aromatic heterocycles. The van der Waals surface area contributed by atoms with E-state index in [0.29, 0.717) is 16.3 Å². The Morgan fingerprint density at radius 3 is 2.83 bits per heavy atom. The number of ether oxygens (including phenoxy) is 1. The Labute approximate surface area is 135 Å². The fourth-order valence-electron chi connectivity index (χ4n) is 2.10. The van der Waals surface area contributed by atoms with Crippen LogP contribution in [-0.4, -0.2) is 38.6 Å². The molecule has 0 fully saturated rings. The number of methoxy groups -OCH3 is 1. The van der Waals surface area contributed by atoms with Crippen LogP contribution in [0, 0.1) is 13.8 Å². The summed E-state index contributed by atoms with van der Waals surface area (Å²) in [4.78, 5) is 32.6. The molecular weight excluding hydrogens is 318 g/mol. The lowest BCUT2D eigenvalue weighted by molar-refractivity contribution is 0.0607. The minimum absolute atomic E-state index is 0.0202. The summed E-state index contributed by atoms with van der Waals surface area (Å²) in [7, 11) is 1.29. The van der Waals surface area contributed by atoms with Crippen LogP contribution in [0.3, 0.4) is 0 Å². The van der Waals surface area contributed by atoms with Crippen molar-refractivity contribution >= 4 is 34.7 Å². The van der Waals surface area contributed by atoms with Gasteiger partial charge in [-0.1, -0.05) is 0 Å². The Morgan fingerprint density at radius 1 is 1.30 bits per heavy atom. The zero-order chi connectivity index (χ0) is 16.6. The third-order valence-corrected chi connectivity index (χ3v) is 4.00. The summed E-state index contributed by atoms with van der Waals surface area (Å²) in [5, 5.41) is 8.46. The Bertz CT molecular complexity index is 914. The van der Waals surface area contributed by atoms with E-state index < -0.39 is 11.9 Å². The molecule has 0 saturated heterocycles. The standard InChI is InChI=1S/C14H13N5O3S/c1-7-6-8(2)19-14(15-7)17-11(18-19)12(20)16-9-4-5-23-10(9)13(21)22-3/h4-6H,1-3H3,(H,16,20). The highest BCUT2D eigenvalue weighted by Gasteiger charge is 2.19. The lowest BCUT2D eigenvalue weighted by Gasteiger charge is -2.02. The molecule has 118 valence electrons. The third kappa shape index (κ3) is 2.78. The number of aromatic nitrogens is 4. The number of amides is 1. The second-order valence-corrected chi connectivity index (χ2v) is 5.71. The molecule has 0 unspecified atom stereocenters. The third-order valence-electron chi connectivity index (χ3n) is 3.11. The zero-order valence-electron chi connectivity index (χ0n) is 12.7. The molecule has 0 atom stereocenters. The van der Waals surface area contributed by atoms with Crippen molar-refractivity contribution in [3.63, 3.8) is 0 Å². The molecule has 1 amide bonds. The molecule has 0 aliphatic carbocycles. The molecule has 23 heavy (non-hydrogen) atoms. The fourth-order valence-corrected chi connectivity index (χ4v) is 2.86. The topological polar surface area (TPSA) is 98.5 Å². The van der Waals surface area contributed by atoms with Crippen molar-refractivity contribution in [1.29, 1.82) is 0 Å². The van der Waals surface area contributed by atoms with Gasteiger partial charge in [-0.2, -0.15) is 4.98 Å². The van der Waals surface area contributed by atoms with E-state index >= 15 is 0 Å². The van der Waals surface area contributed by atoms with Crippen LogP contribution in [-0.2, 0) is 4.74 Å². The first-order valence-electron chi connectivity index (χ1n) is 6.68. The van der Waals surface area contributed by atoms with Crippen LogP contribution in [0.1, 0.15) is 31.7 Å². The van der Waals surface area contributed by atoms with E-state index in [-0.39, 0.29) is 5.82 Å². The first-order valence-corrected chi connectivity index (χ1v) is 7.55. The number of hydrogen-bond donors (Lipinski definition) is 1. The van der Waals surface area contributed by atoms with Crippen LogP contribution < -0.4 is 5.32 Å². The first-order chi connectivity index (χ1) is 11.0. The normalized spacial score (nSPS) is 10.7. The molecule has 0 aliphatic rings. The Kier molecular flexibility index (Phi) is 3.78. The number of hydrogen-bond acceptors (Lipinski definition) is 7. The number of nitrogens with zero attached hydrogens (tertiary/aromatic N) is 4. The molecule has 0 spiro atoms. The molecule has 3 rings (SSSR count). The Hall–Kier alpha value is -2.81. The van der Waals surface area contributed by atoms with Gasteiger partial charge in [-0.3, -0.25) is 4.79 Å². The van der Waals surface area contributed by atoms with E-state index in [4.69, 9.17) is 0 Å². The molecule has 1 N–H and O–H groups in total. The summed E-state index contributed by atoms with van der Waals surface area (Å²) in [6.45, 7) is 3.70. The molecule has 0 saturated carbocycles. The van der Waals surface area contributed by atoms with E-state index in [1.165, 1.54) is 23.0 Å². The number of thiophene rings is 1. The average Bonchev–Trinajstić information content (AvgIpc) is 3.13.